The van der Waals surface area contributed by atoms with E-state index in [9.17, 15) is 9.59 Å². The number of methoxy groups -OCH3 is 3. The highest BCUT2D eigenvalue weighted by Gasteiger charge is 2.27. The van der Waals surface area contributed by atoms with Crippen LogP contribution < -0.4 is 10.1 Å². The molecule has 0 spiro atoms. The third kappa shape index (κ3) is 5.03. The van der Waals surface area contributed by atoms with Crippen LogP contribution in [0.1, 0.15) is 17.2 Å². The molecule has 0 aliphatic carbocycles. The first-order chi connectivity index (χ1) is 12.6. The van der Waals surface area contributed by atoms with E-state index in [1.165, 1.54) is 21.3 Å². The maximum atomic E-state index is 12.6. The summed E-state index contributed by atoms with van der Waals surface area (Å²) in [6.07, 6.45) is 1.00. The first kappa shape index (κ1) is 19.4. The summed E-state index contributed by atoms with van der Waals surface area (Å²) in [6, 6.07) is 11.7. The summed E-state index contributed by atoms with van der Waals surface area (Å²) in [7, 11) is 4.24. The minimum atomic E-state index is -0.857. The van der Waals surface area contributed by atoms with E-state index in [1.807, 2.05) is 18.2 Å². The molecule has 0 unspecified atom stereocenters. The van der Waals surface area contributed by atoms with E-state index < -0.39 is 24.0 Å². The first-order valence-electron chi connectivity index (χ1n) is 8.04. The summed E-state index contributed by atoms with van der Waals surface area (Å²) in [5.74, 6) is -0.497. The molecule has 1 heterocycles. The summed E-state index contributed by atoms with van der Waals surface area (Å²) < 4.78 is 15.1. The maximum Gasteiger partial charge on any atom is 0.328 e. The van der Waals surface area contributed by atoms with Gasteiger partial charge in [0.05, 0.1) is 14.2 Å². The second kappa shape index (κ2) is 9.53. The molecular formula is C19H22N2O5. The molecule has 2 atom stereocenters. The van der Waals surface area contributed by atoms with E-state index in [0.29, 0.717) is 11.4 Å². The van der Waals surface area contributed by atoms with Gasteiger partial charge in [0.15, 0.2) is 6.10 Å². The van der Waals surface area contributed by atoms with Gasteiger partial charge in [-0.15, -0.1) is 0 Å². The average Bonchev–Trinajstić information content (AvgIpc) is 2.68. The largest absolute Gasteiger partial charge is 0.481 e. The summed E-state index contributed by atoms with van der Waals surface area (Å²) in [5.41, 5.74) is 1.46. The molecule has 1 amide bonds. The fraction of sp³-hybridized carbons (Fsp3) is 0.316. The molecule has 0 bridgehead atoms. The second-order valence-corrected chi connectivity index (χ2v) is 5.52. The van der Waals surface area contributed by atoms with Crippen LogP contribution in [0.25, 0.3) is 0 Å². The number of nitrogens with zero attached hydrogens (tertiary/aromatic N) is 1. The predicted molar refractivity (Wildman–Crippen MR) is 94.6 cm³/mol. The normalized spacial score (nSPS) is 12.7. The SMILES string of the molecule is COC(=O)[C@@H](Cc1ccc(OC)nc1)NC(=O)[C@@H](OC)c1ccccc1. The van der Waals surface area contributed by atoms with Crippen molar-refractivity contribution in [3.05, 3.63) is 59.8 Å². The lowest BCUT2D eigenvalue weighted by molar-refractivity contribution is -0.146. The maximum absolute atomic E-state index is 12.6. The highest BCUT2D eigenvalue weighted by molar-refractivity contribution is 5.87. The van der Waals surface area contributed by atoms with E-state index >= 15 is 0 Å². The molecule has 1 N–H and O–H groups in total. The van der Waals surface area contributed by atoms with Crippen LogP contribution >= 0.6 is 0 Å². The summed E-state index contributed by atoms with van der Waals surface area (Å²) in [6.45, 7) is 0. The number of pyridine rings is 1. The number of hydrogen-bond acceptors (Lipinski definition) is 6. The molecule has 7 heteroatoms. The Morgan fingerprint density at radius 2 is 1.81 bits per heavy atom. The number of carbonyl (C=O) groups excluding carboxylic acids is 2. The summed E-state index contributed by atoms with van der Waals surface area (Å²) >= 11 is 0. The van der Waals surface area contributed by atoms with Gasteiger partial charge in [0.25, 0.3) is 5.91 Å². The number of nitrogens with one attached hydrogen (secondary N) is 1. The second-order valence-electron chi connectivity index (χ2n) is 5.52. The molecule has 0 aliphatic rings. The van der Waals surface area contributed by atoms with Crippen molar-refractivity contribution in [1.29, 1.82) is 0 Å². The van der Waals surface area contributed by atoms with Gasteiger partial charge in [-0.3, -0.25) is 4.79 Å². The molecule has 26 heavy (non-hydrogen) atoms. The molecule has 0 aliphatic heterocycles. The molecular weight excluding hydrogens is 336 g/mol. The third-order valence-corrected chi connectivity index (χ3v) is 3.82. The number of amides is 1. The Balaban J connectivity index is 2.13. The molecule has 0 saturated carbocycles. The number of rotatable bonds is 8. The quantitative estimate of drug-likeness (QED) is 0.723. The van der Waals surface area contributed by atoms with Gasteiger partial charge in [0.2, 0.25) is 5.88 Å². The molecule has 0 fully saturated rings. The highest BCUT2D eigenvalue weighted by Crippen LogP contribution is 2.17. The zero-order valence-corrected chi connectivity index (χ0v) is 15.0. The predicted octanol–water partition coefficient (Wildman–Crippen LogP) is 1.68. The monoisotopic (exact) mass is 358 g/mol. The van der Waals surface area contributed by atoms with Crippen molar-refractivity contribution in [3.63, 3.8) is 0 Å². The van der Waals surface area contributed by atoms with Gasteiger partial charge in [-0.2, -0.15) is 0 Å². The molecule has 7 nitrogen and oxygen atoms in total. The highest BCUT2D eigenvalue weighted by atomic mass is 16.5. The minimum absolute atomic E-state index is 0.237. The summed E-state index contributed by atoms with van der Waals surface area (Å²) in [5, 5.41) is 2.70. The van der Waals surface area contributed by atoms with Crippen molar-refractivity contribution < 1.29 is 23.8 Å². The Morgan fingerprint density at radius 1 is 1.08 bits per heavy atom. The number of ether oxygens (including phenoxy) is 3. The Labute approximate surface area is 152 Å². The lowest BCUT2D eigenvalue weighted by Gasteiger charge is -2.21. The van der Waals surface area contributed by atoms with E-state index in [4.69, 9.17) is 14.2 Å². The van der Waals surface area contributed by atoms with Crippen molar-refractivity contribution >= 4 is 11.9 Å². The number of hydrogen-bond donors (Lipinski definition) is 1. The van der Waals surface area contributed by atoms with E-state index in [0.717, 1.165) is 5.56 Å². The van der Waals surface area contributed by atoms with Gasteiger partial charge in [0.1, 0.15) is 6.04 Å². The molecule has 0 radical (unpaired) electrons. The average molecular weight is 358 g/mol. The molecule has 2 rings (SSSR count). The molecule has 1 aromatic carbocycles. The van der Waals surface area contributed by atoms with Crippen LogP contribution in [0.5, 0.6) is 5.88 Å². The number of carbonyl (C=O) groups is 2. The fourth-order valence-electron chi connectivity index (χ4n) is 2.49. The lowest BCUT2D eigenvalue weighted by atomic mass is 10.1. The number of benzene rings is 1. The van der Waals surface area contributed by atoms with Crippen molar-refractivity contribution in [2.24, 2.45) is 0 Å². The van der Waals surface area contributed by atoms with Crippen molar-refractivity contribution in [1.82, 2.24) is 10.3 Å². The smallest absolute Gasteiger partial charge is 0.328 e. The molecule has 138 valence electrons. The topological polar surface area (TPSA) is 86.8 Å². The van der Waals surface area contributed by atoms with Gasteiger partial charge in [0, 0.05) is 25.8 Å². The van der Waals surface area contributed by atoms with Crippen LogP contribution in [0.4, 0.5) is 0 Å². The van der Waals surface area contributed by atoms with E-state index in [-0.39, 0.29) is 6.42 Å². The van der Waals surface area contributed by atoms with Gasteiger partial charge in [-0.25, -0.2) is 9.78 Å². The molecule has 1 aromatic heterocycles. The Hall–Kier alpha value is -2.93. The van der Waals surface area contributed by atoms with Crippen molar-refractivity contribution in [2.45, 2.75) is 18.6 Å². The van der Waals surface area contributed by atoms with Crippen LogP contribution in [0.3, 0.4) is 0 Å². The first-order valence-corrected chi connectivity index (χ1v) is 8.04. The Bertz CT molecular complexity index is 718. The van der Waals surface area contributed by atoms with Crippen LogP contribution in [0.15, 0.2) is 48.7 Å². The van der Waals surface area contributed by atoms with Crippen LogP contribution in [0.2, 0.25) is 0 Å². The third-order valence-electron chi connectivity index (χ3n) is 3.82. The fourth-order valence-corrected chi connectivity index (χ4v) is 2.49. The van der Waals surface area contributed by atoms with Gasteiger partial charge >= 0.3 is 5.97 Å². The number of aromatic nitrogens is 1. The zero-order valence-electron chi connectivity index (χ0n) is 15.0. The molecule has 0 saturated heterocycles. The zero-order chi connectivity index (χ0) is 18.9. The Morgan fingerprint density at radius 3 is 2.35 bits per heavy atom. The van der Waals surface area contributed by atoms with Crippen molar-refractivity contribution in [2.75, 3.05) is 21.3 Å². The lowest BCUT2D eigenvalue weighted by Crippen LogP contribution is -2.45. The van der Waals surface area contributed by atoms with Crippen LogP contribution in [-0.4, -0.2) is 44.2 Å². The minimum Gasteiger partial charge on any atom is -0.481 e. The summed E-state index contributed by atoms with van der Waals surface area (Å²) in [4.78, 5) is 28.8. The Kier molecular flexibility index (Phi) is 7.11. The van der Waals surface area contributed by atoms with Crippen LogP contribution in [0, 0.1) is 0 Å². The van der Waals surface area contributed by atoms with Crippen LogP contribution in [-0.2, 0) is 25.5 Å². The van der Waals surface area contributed by atoms with Gasteiger partial charge in [-0.05, 0) is 11.1 Å². The van der Waals surface area contributed by atoms with Gasteiger partial charge in [-0.1, -0.05) is 36.4 Å². The number of esters is 1. The van der Waals surface area contributed by atoms with Gasteiger partial charge < -0.3 is 19.5 Å². The molecule has 2 aromatic rings. The van der Waals surface area contributed by atoms with E-state index in [2.05, 4.69) is 10.3 Å². The standard InChI is InChI=1S/C19H22N2O5/c1-24-16-10-9-13(12-20-16)11-15(19(23)26-3)21-18(22)17(25-2)14-7-5-4-6-8-14/h4-10,12,15,17H,11H2,1-3H3,(H,21,22)/t15-,17+/m1/s1. The van der Waals surface area contributed by atoms with E-state index in [1.54, 1.807) is 30.5 Å². The van der Waals surface area contributed by atoms with Crippen molar-refractivity contribution in [3.8, 4) is 5.88 Å².